The molecule has 3 N–H and O–H groups in total. The van der Waals surface area contributed by atoms with Gasteiger partial charge < -0.3 is 34.5 Å². The maximum absolute atomic E-state index is 14.8. The van der Waals surface area contributed by atoms with Crippen LogP contribution in [0.5, 0.6) is 5.75 Å². The summed E-state index contributed by atoms with van der Waals surface area (Å²) < 4.78 is 12.4. The Hall–Kier alpha value is -4.03. The molecular formula is C36H43N3O7Si. The molecule has 2 fully saturated rings. The normalized spacial score (nSPS) is 25.4. The third kappa shape index (κ3) is 5.97. The van der Waals surface area contributed by atoms with E-state index in [4.69, 9.17) is 9.47 Å². The van der Waals surface area contributed by atoms with E-state index in [1.54, 1.807) is 41.2 Å². The molecule has 5 atom stereocenters. The van der Waals surface area contributed by atoms with Crippen molar-refractivity contribution in [2.75, 3.05) is 30.5 Å². The van der Waals surface area contributed by atoms with E-state index in [-0.39, 0.29) is 43.3 Å². The Balaban J connectivity index is 1.33. The molecule has 0 aromatic heterocycles. The molecule has 3 amide bonds. The first-order valence-electron chi connectivity index (χ1n) is 16.2. The number of carbonyl (C=O) groups excluding carboxylic acids is 3. The number of likely N-dealkylation sites (tertiary alicyclic amines) is 1. The molecule has 0 bridgehead atoms. The van der Waals surface area contributed by atoms with E-state index in [0.717, 1.165) is 18.4 Å². The van der Waals surface area contributed by atoms with Crippen molar-refractivity contribution < 1.29 is 33.8 Å². The zero-order valence-electron chi connectivity index (χ0n) is 27.3. The van der Waals surface area contributed by atoms with Gasteiger partial charge in [-0.3, -0.25) is 14.4 Å². The zero-order chi connectivity index (χ0) is 33.5. The smallest absolute Gasteiger partial charge is 0.264 e. The fraction of sp³-hybridized carbons (Fsp3) is 0.417. The van der Waals surface area contributed by atoms with Gasteiger partial charge in [-0.15, -0.1) is 0 Å². The molecular weight excluding hydrogens is 614 g/mol. The van der Waals surface area contributed by atoms with Crippen molar-refractivity contribution in [3.05, 3.63) is 89.5 Å². The summed E-state index contributed by atoms with van der Waals surface area (Å²) in [6.45, 7) is 6.29. The van der Waals surface area contributed by atoms with Crippen molar-refractivity contribution in [1.82, 2.24) is 4.90 Å². The van der Waals surface area contributed by atoms with Gasteiger partial charge in [0.1, 0.15) is 5.75 Å². The van der Waals surface area contributed by atoms with Gasteiger partial charge in [-0.25, -0.2) is 0 Å². The van der Waals surface area contributed by atoms with Gasteiger partial charge >= 0.3 is 0 Å². The lowest BCUT2D eigenvalue weighted by molar-refractivity contribution is -0.150. The maximum atomic E-state index is 14.8. The largest absolute Gasteiger partial charge is 0.497 e. The molecule has 0 unspecified atom stereocenters. The van der Waals surface area contributed by atoms with Crippen LogP contribution in [-0.2, 0) is 26.5 Å². The SMILES string of the molecule is COc1ccc2c(c1)[C@]1(O[C@@H](CC(=O)N3CCC[C@H]3CO)[C@H]([Si](C)(C)O)[C@H]1C)C(=O)N2Cc1cccc(NC(=O)c2ccccc2)c1. The van der Waals surface area contributed by atoms with Crippen LogP contribution in [0.1, 0.15) is 47.7 Å². The lowest BCUT2D eigenvalue weighted by Crippen LogP contribution is -2.46. The van der Waals surface area contributed by atoms with Gasteiger partial charge in [0.15, 0.2) is 13.9 Å². The number of aliphatic hydroxyl groups is 1. The molecule has 3 heterocycles. The molecule has 0 radical (unpaired) electrons. The second-order valence-corrected chi connectivity index (χ2v) is 17.4. The van der Waals surface area contributed by atoms with Crippen molar-refractivity contribution in [1.29, 1.82) is 0 Å². The van der Waals surface area contributed by atoms with E-state index in [0.29, 0.717) is 34.8 Å². The average molecular weight is 658 g/mol. The fourth-order valence-corrected chi connectivity index (χ4v) is 10.5. The number of hydrogen-bond acceptors (Lipinski definition) is 7. The Labute approximate surface area is 276 Å². The van der Waals surface area contributed by atoms with Crippen molar-refractivity contribution >= 4 is 37.4 Å². The molecule has 3 aliphatic heterocycles. The molecule has 0 aliphatic carbocycles. The first-order chi connectivity index (χ1) is 22.5. The number of amides is 3. The van der Waals surface area contributed by atoms with Crippen LogP contribution >= 0.6 is 0 Å². The van der Waals surface area contributed by atoms with Gasteiger partial charge in [-0.2, -0.15) is 0 Å². The number of nitrogens with one attached hydrogen (secondary N) is 1. The predicted molar refractivity (Wildman–Crippen MR) is 181 cm³/mol. The second kappa shape index (κ2) is 12.9. The summed E-state index contributed by atoms with van der Waals surface area (Å²) in [6.07, 6.45) is 0.892. The number of anilines is 2. The molecule has 11 heteroatoms. The van der Waals surface area contributed by atoms with Crippen molar-refractivity contribution in [3.8, 4) is 5.75 Å². The number of nitrogens with zero attached hydrogens (tertiary/aromatic N) is 2. The zero-order valence-corrected chi connectivity index (χ0v) is 28.3. The summed E-state index contributed by atoms with van der Waals surface area (Å²) in [6, 6.07) is 21.6. The van der Waals surface area contributed by atoms with Crippen LogP contribution < -0.4 is 15.0 Å². The number of ether oxygens (including phenoxy) is 2. The van der Waals surface area contributed by atoms with E-state index in [2.05, 4.69) is 5.32 Å². The number of aliphatic hydroxyl groups excluding tert-OH is 1. The molecule has 248 valence electrons. The maximum Gasteiger partial charge on any atom is 0.264 e. The lowest BCUT2D eigenvalue weighted by atomic mass is 9.82. The van der Waals surface area contributed by atoms with Crippen LogP contribution in [0.25, 0.3) is 0 Å². The standard InChI is InChI=1S/C36H43N3O7Si/c1-23-33(47(3,4)44)31(20-32(41)38-17-9-14-27(38)22-40)46-36(23)29-19-28(45-2)15-16-30(29)39(35(36)43)21-24-10-8-13-26(18-24)37-34(42)25-11-6-5-7-12-25/h5-8,10-13,15-16,18-19,23,27,31,33,40,44H,9,14,17,20-22H2,1-4H3,(H,37,42)/t23-,27+,31+,33-,36+/m1/s1. The minimum absolute atomic E-state index is 0.0139. The van der Waals surface area contributed by atoms with E-state index < -0.39 is 31.5 Å². The van der Waals surface area contributed by atoms with Gasteiger partial charge in [0.05, 0.1) is 44.5 Å². The highest BCUT2D eigenvalue weighted by Gasteiger charge is 2.66. The molecule has 3 aromatic rings. The van der Waals surface area contributed by atoms with Gasteiger partial charge in [-0.1, -0.05) is 37.3 Å². The topological polar surface area (TPSA) is 129 Å². The Morgan fingerprint density at radius 3 is 2.55 bits per heavy atom. The minimum atomic E-state index is -2.98. The summed E-state index contributed by atoms with van der Waals surface area (Å²) in [7, 11) is -1.41. The summed E-state index contributed by atoms with van der Waals surface area (Å²) in [5, 5.41) is 12.8. The number of hydrogen-bond donors (Lipinski definition) is 3. The quantitative estimate of drug-likeness (QED) is 0.286. The monoisotopic (exact) mass is 657 g/mol. The van der Waals surface area contributed by atoms with Gasteiger partial charge in [0.25, 0.3) is 11.8 Å². The predicted octanol–water partition coefficient (Wildman–Crippen LogP) is 4.67. The Bertz CT molecular complexity index is 1660. The fourth-order valence-electron chi connectivity index (χ4n) is 7.91. The Morgan fingerprint density at radius 1 is 1.09 bits per heavy atom. The van der Waals surface area contributed by atoms with Crippen LogP contribution in [0.15, 0.2) is 72.8 Å². The number of benzene rings is 3. The van der Waals surface area contributed by atoms with Crippen molar-refractivity contribution in [2.24, 2.45) is 5.92 Å². The van der Waals surface area contributed by atoms with Crippen LogP contribution in [0.4, 0.5) is 11.4 Å². The minimum Gasteiger partial charge on any atom is -0.497 e. The van der Waals surface area contributed by atoms with Crippen LogP contribution in [0.2, 0.25) is 18.6 Å². The Morgan fingerprint density at radius 2 is 1.85 bits per heavy atom. The average Bonchev–Trinajstić information content (AvgIpc) is 3.72. The molecule has 0 saturated carbocycles. The second-order valence-electron chi connectivity index (χ2n) is 13.4. The van der Waals surface area contributed by atoms with Crippen LogP contribution in [0, 0.1) is 5.92 Å². The molecule has 3 aliphatic rings. The highest BCUT2D eigenvalue weighted by atomic mass is 28.4. The van der Waals surface area contributed by atoms with Gasteiger partial charge in [-0.05, 0) is 74.0 Å². The van der Waals surface area contributed by atoms with Crippen LogP contribution in [0.3, 0.4) is 0 Å². The summed E-state index contributed by atoms with van der Waals surface area (Å²) >= 11 is 0. The van der Waals surface area contributed by atoms with Crippen molar-refractivity contribution in [2.45, 2.75) is 69.1 Å². The molecule has 1 spiro atoms. The van der Waals surface area contributed by atoms with E-state index >= 15 is 0 Å². The highest BCUT2D eigenvalue weighted by Crippen LogP contribution is 2.60. The number of fused-ring (bicyclic) bond motifs is 2. The first-order valence-corrected chi connectivity index (χ1v) is 19.3. The highest BCUT2D eigenvalue weighted by molar-refractivity contribution is 6.71. The van der Waals surface area contributed by atoms with Gasteiger partial charge in [0.2, 0.25) is 5.91 Å². The summed E-state index contributed by atoms with van der Waals surface area (Å²) in [4.78, 5) is 56.3. The van der Waals surface area contributed by atoms with E-state index in [1.807, 2.05) is 68.5 Å². The molecule has 10 nitrogen and oxygen atoms in total. The third-order valence-electron chi connectivity index (χ3n) is 10.0. The number of methoxy groups -OCH3 is 1. The van der Waals surface area contributed by atoms with E-state index in [9.17, 15) is 24.3 Å². The number of rotatable bonds is 9. The van der Waals surface area contributed by atoms with E-state index in [1.165, 1.54) is 0 Å². The lowest BCUT2D eigenvalue weighted by Gasteiger charge is -2.33. The Kier molecular flexibility index (Phi) is 9.01. The summed E-state index contributed by atoms with van der Waals surface area (Å²) in [5.41, 5.74) is 1.42. The van der Waals surface area contributed by atoms with Crippen molar-refractivity contribution in [3.63, 3.8) is 0 Å². The van der Waals surface area contributed by atoms with Gasteiger partial charge in [0, 0.05) is 34.8 Å². The molecule has 3 aromatic carbocycles. The summed E-state index contributed by atoms with van der Waals surface area (Å²) in [5.74, 6) is -0.509. The third-order valence-corrected chi connectivity index (χ3v) is 12.5. The number of carbonyl (C=O) groups is 3. The molecule has 2 saturated heterocycles. The molecule has 47 heavy (non-hydrogen) atoms. The molecule has 6 rings (SSSR count). The first kappa shape index (κ1) is 32.9. The van der Waals surface area contributed by atoms with Crippen LogP contribution in [-0.4, -0.2) is 73.2 Å².